The fourth-order valence-electron chi connectivity index (χ4n) is 0. The Morgan fingerprint density at radius 1 is 1.00 bits per heavy atom. The van der Waals surface area contributed by atoms with Gasteiger partial charge in [-0.2, -0.15) is 20.8 Å². The zero-order valence-corrected chi connectivity index (χ0v) is 6.59. The molecule has 0 aromatic rings. The van der Waals surface area contributed by atoms with Gasteiger partial charge in [0.1, 0.15) is 0 Å². The number of hydrogen-bond donors (Lipinski definition) is 0. The smallest absolute Gasteiger partial charge is 0 e. The van der Waals surface area contributed by atoms with Crippen molar-refractivity contribution in [2.45, 2.75) is 20.8 Å². The molecule has 0 fully saturated rings. The van der Waals surface area contributed by atoms with Crippen LogP contribution in [0.25, 0.3) is 0 Å². The van der Waals surface area contributed by atoms with Crippen LogP contribution in [0, 0.1) is 5.92 Å². The number of hydrogen-bond acceptors (Lipinski definition) is 0. The van der Waals surface area contributed by atoms with E-state index in [0.717, 1.165) is 0 Å². The van der Waals surface area contributed by atoms with Crippen molar-refractivity contribution in [1.82, 2.24) is 0 Å². The van der Waals surface area contributed by atoms with E-state index < -0.39 is 0 Å². The van der Waals surface area contributed by atoms with E-state index >= 15 is 0 Å². The van der Waals surface area contributed by atoms with E-state index in [9.17, 15) is 0 Å². The maximum atomic E-state index is 2.08. The minimum atomic E-state index is 0. The Morgan fingerprint density at radius 3 is 1.00 bits per heavy atom. The molecule has 0 rings (SSSR count). The standard InChI is InChI=1S/C4H9.Re/c1-4(2)3;/h1-3H3;/q-1;. The Balaban J connectivity index is 0. The van der Waals surface area contributed by atoms with Crippen LogP contribution in [0.1, 0.15) is 20.8 Å². The van der Waals surface area contributed by atoms with Crippen molar-refractivity contribution in [2.24, 2.45) is 0 Å². The van der Waals surface area contributed by atoms with Crippen molar-refractivity contribution >= 4 is 0 Å². The van der Waals surface area contributed by atoms with Crippen LogP contribution in [-0.4, -0.2) is 0 Å². The van der Waals surface area contributed by atoms with Gasteiger partial charge in [-0.05, 0) is 0 Å². The van der Waals surface area contributed by atoms with Gasteiger partial charge in [0.15, 0.2) is 0 Å². The van der Waals surface area contributed by atoms with Crippen LogP contribution >= 0.6 is 0 Å². The minimum Gasteiger partial charge on any atom is -0.323 e. The first kappa shape index (κ1) is 9.18. The minimum absolute atomic E-state index is 0. The van der Waals surface area contributed by atoms with Crippen LogP contribution in [0.4, 0.5) is 0 Å². The van der Waals surface area contributed by atoms with E-state index in [1.54, 1.807) is 0 Å². The van der Waals surface area contributed by atoms with Gasteiger partial charge in [0.25, 0.3) is 0 Å². The molecule has 0 spiro atoms. The molecule has 0 aromatic carbocycles. The molecule has 1 heteroatoms. The molecule has 0 aliphatic rings. The van der Waals surface area contributed by atoms with Crippen molar-refractivity contribution in [2.75, 3.05) is 0 Å². The third-order valence-electron chi connectivity index (χ3n) is 0. The first-order valence-corrected chi connectivity index (χ1v) is 1.50. The van der Waals surface area contributed by atoms with E-state index in [-0.39, 0.29) is 20.4 Å². The first-order chi connectivity index (χ1) is 1.73. The summed E-state index contributed by atoms with van der Waals surface area (Å²) in [5, 5.41) is 0. The molecule has 0 aromatic heterocycles. The molecule has 0 aliphatic carbocycles. The summed E-state index contributed by atoms with van der Waals surface area (Å²) in [6, 6.07) is 0. The summed E-state index contributed by atoms with van der Waals surface area (Å²) in [6.07, 6.45) is 0. The first-order valence-electron chi connectivity index (χ1n) is 1.50. The molecule has 0 amide bonds. The molecular formula is C4H9Re-. The Bertz CT molecular complexity index is 8.36. The van der Waals surface area contributed by atoms with Gasteiger partial charge in [-0.15, -0.1) is 0 Å². The molecule has 0 nitrogen and oxygen atoms in total. The van der Waals surface area contributed by atoms with Crippen molar-refractivity contribution in [3.8, 4) is 0 Å². The normalized spacial score (nSPS) is 7.20. The molecule has 0 N–H and O–H groups in total. The maximum absolute atomic E-state index is 2.08. The predicted molar refractivity (Wildman–Crippen MR) is 20.3 cm³/mol. The second-order valence-electron chi connectivity index (χ2n) is 1.50. The number of rotatable bonds is 0. The van der Waals surface area contributed by atoms with Gasteiger partial charge in [0, 0.05) is 20.4 Å². The van der Waals surface area contributed by atoms with Gasteiger partial charge in [-0.25, -0.2) is 0 Å². The molecule has 0 saturated heterocycles. The van der Waals surface area contributed by atoms with Gasteiger partial charge >= 0.3 is 0 Å². The van der Waals surface area contributed by atoms with E-state index in [1.807, 2.05) is 0 Å². The summed E-state index contributed by atoms with van der Waals surface area (Å²) in [5.41, 5.74) is 0. The van der Waals surface area contributed by atoms with Gasteiger partial charge in [0.2, 0.25) is 0 Å². The Kier molecular flexibility index (Phi) is 8.56. The molecule has 0 atom stereocenters. The predicted octanol–water partition coefficient (Wildman–Crippen LogP) is 1.62. The van der Waals surface area contributed by atoms with Crippen LogP contribution in [0.15, 0.2) is 0 Å². The Hall–Kier alpha value is 0.662. The van der Waals surface area contributed by atoms with Crippen molar-refractivity contribution in [1.29, 1.82) is 0 Å². The zero-order chi connectivity index (χ0) is 3.58. The Labute approximate surface area is 47.6 Å². The summed E-state index contributed by atoms with van der Waals surface area (Å²) in [6.45, 7) is 6.25. The van der Waals surface area contributed by atoms with Crippen molar-refractivity contribution in [3.05, 3.63) is 5.92 Å². The summed E-state index contributed by atoms with van der Waals surface area (Å²) < 4.78 is 0. The third-order valence-corrected chi connectivity index (χ3v) is 0. The molecule has 0 heterocycles. The van der Waals surface area contributed by atoms with Crippen LogP contribution in [0.3, 0.4) is 0 Å². The molecule has 5 heavy (non-hydrogen) atoms. The molecule has 0 aliphatic heterocycles. The van der Waals surface area contributed by atoms with Gasteiger partial charge in [0.05, 0.1) is 0 Å². The van der Waals surface area contributed by atoms with E-state index in [0.29, 0.717) is 0 Å². The van der Waals surface area contributed by atoms with Crippen LogP contribution in [-0.2, 0) is 20.4 Å². The topological polar surface area (TPSA) is 0 Å². The van der Waals surface area contributed by atoms with Crippen molar-refractivity contribution < 1.29 is 20.4 Å². The summed E-state index contributed by atoms with van der Waals surface area (Å²) >= 11 is 0. The van der Waals surface area contributed by atoms with Crippen LogP contribution < -0.4 is 0 Å². The van der Waals surface area contributed by atoms with E-state index in [4.69, 9.17) is 0 Å². The third kappa shape index (κ3) is 75.3. The molecule has 0 bridgehead atoms. The summed E-state index contributed by atoms with van der Waals surface area (Å²) in [5.74, 6) is 1.42. The SMILES string of the molecule is C[C-](C)C.[Re]. The van der Waals surface area contributed by atoms with Crippen molar-refractivity contribution in [3.63, 3.8) is 0 Å². The van der Waals surface area contributed by atoms with Gasteiger partial charge in [-0.1, -0.05) is 0 Å². The fraction of sp³-hybridized carbons (Fsp3) is 0.750. The van der Waals surface area contributed by atoms with Gasteiger partial charge < -0.3 is 5.92 Å². The van der Waals surface area contributed by atoms with E-state index in [1.165, 1.54) is 5.92 Å². The molecule has 0 saturated carbocycles. The zero-order valence-electron chi connectivity index (χ0n) is 3.88. The quantitative estimate of drug-likeness (QED) is 0.567. The fourth-order valence-corrected chi connectivity index (χ4v) is 0. The van der Waals surface area contributed by atoms with Crippen LogP contribution in [0.5, 0.6) is 0 Å². The van der Waals surface area contributed by atoms with Gasteiger partial charge in [-0.3, -0.25) is 0 Å². The molecule has 0 unspecified atom stereocenters. The summed E-state index contributed by atoms with van der Waals surface area (Å²) in [4.78, 5) is 0. The molecular weight excluding hydrogens is 234 g/mol. The Morgan fingerprint density at radius 2 is 1.00 bits per heavy atom. The molecule has 1 radical (unpaired) electrons. The second-order valence-corrected chi connectivity index (χ2v) is 1.50. The largest absolute Gasteiger partial charge is 0.323 e. The molecule has 33 valence electrons. The average Bonchev–Trinajstić information content (AvgIpc) is 0.811. The van der Waals surface area contributed by atoms with Crippen LogP contribution in [0.2, 0.25) is 0 Å². The summed E-state index contributed by atoms with van der Waals surface area (Å²) in [7, 11) is 0. The second kappa shape index (κ2) is 4.66. The monoisotopic (exact) mass is 244 g/mol. The maximum Gasteiger partial charge on any atom is 0 e. The van der Waals surface area contributed by atoms with E-state index in [2.05, 4.69) is 20.8 Å². The average molecular weight is 243 g/mol.